The summed E-state index contributed by atoms with van der Waals surface area (Å²) in [5, 5.41) is 15.7. The third-order valence-corrected chi connectivity index (χ3v) is 3.72. The molecule has 7 heteroatoms. The van der Waals surface area contributed by atoms with Gasteiger partial charge in [0.15, 0.2) is 0 Å². The zero-order valence-corrected chi connectivity index (χ0v) is 13.0. The molecule has 1 unspecified atom stereocenters. The number of nitrogens with one attached hydrogen (secondary N) is 2. The largest absolute Gasteiger partial charge is 0.393 e. The Morgan fingerprint density at radius 1 is 1.14 bits per heavy atom. The van der Waals surface area contributed by atoms with Crippen LogP contribution in [0.3, 0.4) is 0 Å². The number of anilines is 3. The fourth-order valence-electron chi connectivity index (χ4n) is 2.35. The molecule has 0 aromatic carbocycles. The fourth-order valence-corrected chi connectivity index (χ4v) is 2.35. The molecule has 2 rings (SSSR count). The van der Waals surface area contributed by atoms with Crippen molar-refractivity contribution in [3.05, 3.63) is 0 Å². The molecule has 1 fully saturated rings. The van der Waals surface area contributed by atoms with E-state index in [0.717, 1.165) is 25.5 Å². The van der Waals surface area contributed by atoms with Crippen LogP contribution >= 0.6 is 0 Å². The van der Waals surface area contributed by atoms with E-state index in [1.165, 1.54) is 19.3 Å². The minimum Gasteiger partial charge on any atom is -0.393 e. The van der Waals surface area contributed by atoms with E-state index in [9.17, 15) is 5.11 Å². The van der Waals surface area contributed by atoms with Gasteiger partial charge in [0.25, 0.3) is 0 Å². The van der Waals surface area contributed by atoms with Crippen molar-refractivity contribution < 1.29 is 5.11 Å². The minimum atomic E-state index is -0.273. The molecule has 21 heavy (non-hydrogen) atoms. The summed E-state index contributed by atoms with van der Waals surface area (Å²) < 4.78 is 0. The molecule has 0 saturated carbocycles. The molecule has 0 amide bonds. The Labute approximate surface area is 126 Å². The van der Waals surface area contributed by atoms with E-state index in [-0.39, 0.29) is 6.10 Å². The summed E-state index contributed by atoms with van der Waals surface area (Å²) in [6.07, 6.45) is 4.83. The molecule has 1 aliphatic rings. The summed E-state index contributed by atoms with van der Waals surface area (Å²) in [7, 11) is 1.81. The summed E-state index contributed by atoms with van der Waals surface area (Å²) in [4.78, 5) is 15.5. The van der Waals surface area contributed by atoms with Crippen LogP contribution in [0.2, 0.25) is 0 Å². The maximum Gasteiger partial charge on any atom is 0.231 e. The van der Waals surface area contributed by atoms with Gasteiger partial charge in [0, 0.05) is 26.7 Å². The molecule has 1 aromatic rings. The number of aliphatic hydroxyl groups is 1. The Hall–Kier alpha value is -1.63. The van der Waals surface area contributed by atoms with E-state index in [1.807, 2.05) is 6.92 Å². The van der Waals surface area contributed by atoms with Gasteiger partial charge >= 0.3 is 0 Å². The molecule has 0 radical (unpaired) electrons. The Bertz CT molecular complexity index is 435. The summed E-state index contributed by atoms with van der Waals surface area (Å²) in [5.74, 6) is 1.87. The van der Waals surface area contributed by atoms with Gasteiger partial charge in [-0.2, -0.15) is 15.0 Å². The van der Waals surface area contributed by atoms with Gasteiger partial charge in [-0.25, -0.2) is 0 Å². The molecule has 0 aliphatic carbocycles. The van der Waals surface area contributed by atoms with E-state index in [4.69, 9.17) is 0 Å². The normalized spacial score (nSPS) is 16.6. The lowest BCUT2D eigenvalue weighted by Crippen LogP contribution is -2.31. The molecular weight excluding hydrogens is 268 g/mol. The van der Waals surface area contributed by atoms with Crippen LogP contribution < -0.4 is 15.5 Å². The van der Waals surface area contributed by atoms with Crippen molar-refractivity contribution in [2.24, 2.45) is 0 Å². The van der Waals surface area contributed by atoms with Gasteiger partial charge in [0.1, 0.15) is 0 Å². The van der Waals surface area contributed by atoms with Crippen LogP contribution in [0.15, 0.2) is 0 Å². The highest BCUT2D eigenvalue weighted by Gasteiger charge is 2.16. The lowest BCUT2D eigenvalue weighted by molar-refractivity contribution is 0.164. The molecule has 2 heterocycles. The van der Waals surface area contributed by atoms with Crippen LogP contribution in [-0.4, -0.2) is 52.8 Å². The van der Waals surface area contributed by atoms with Gasteiger partial charge in [-0.05, 0) is 32.1 Å². The second-order valence-corrected chi connectivity index (χ2v) is 5.36. The Balaban J connectivity index is 2.02. The molecule has 118 valence electrons. The van der Waals surface area contributed by atoms with Crippen LogP contribution in [0.25, 0.3) is 0 Å². The number of rotatable bonds is 7. The molecule has 1 aliphatic heterocycles. The monoisotopic (exact) mass is 294 g/mol. The first-order valence-corrected chi connectivity index (χ1v) is 7.83. The number of aliphatic hydroxyl groups excluding tert-OH is 1. The molecule has 1 atom stereocenters. The van der Waals surface area contributed by atoms with Gasteiger partial charge in [-0.1, -0.05) is 6.92 Å². The van der Waals surface area contributed by atoms with Crippen LogP contribution in [0, 0.1) is 0 Å². The van der Waals surface area contributed by atoms with E-state index >= 15 is 0 Å². The number of hydrogen-bond acceptors (Lipinski definition) is 7. The average molecular weight is 294 g/mol. The average Bonchev–Trinajstić information content (AvgIpc) is 2.55. The highest BCUT2D eigenvalue weighted by atomic mass is 16.3. The van der Waals surface area contributed by atoms with E-state index in [0.29, 0.717) is 24.9 Å². The van der Waals surface area contributed by atoms with Crippen molar-refractivity contribution in [3.8, 4) is 0 Å². The maximum atomic E-state index is 9.58. The summed E-state index contributed by atoms with van der Waals surface area (Å²) in [6.45, 7) is 4.63. The Kier molecular flexibility index (Phi) is 5.98. The number of piperidine rings is 1. The molecule has 7 nitrogen and oxygen atoms in total. The molecule has 0 spiro atoms. The first-order chi connectivity index (χ1) is 10.2. The summed E-state index contributed by atoms with van der Waals surface area (Å²) in [5.41, 5.74) is 0. The first-order valence-electron chi connectivity index (χ1n) is 7.83. The zero-order valence-electron chi connectivity index (χ0n) is 13.0. The highest BCUT2D eigenvalue weighted by Crippen LogP contribution is 2.18. The topological polar surface area (TPSA) is 86.2 Å². The van der Waals surface area contributed by atoms with E-state index in [1.54, 1.807) is 7.05 Å². The summed E-state index contributed by atoms with van der Waals surface area (Å²) in [6, 6.07) is 0. The highest BCUT2D eigenvalue weighted by molar-refractivity contribution is 5.43. The number of nitrogens with zero attached hydrogens (tertiary/aromatic N) is 4. The maximum absolute atomic E-state index is 9.58. The van der Waals surface area contributed by atoms with Crippen molar-refractivity contribution >= 4 is 17.8 Å². The standard InChI is InChI=1S/C14H26N6O/c1-3-11(21)7-8-16-13-17-12(15-2)18-14(19-13)20-9-5-4-6-10-20/h11,21H,3-10H2,1-2H3,(H2,15,16,17,18,19). The third kappa shape index (κ3) is 4.70. The van der Waals surface area contributed by atoms with Crippen LogP contribution in [0.5, 0.6) is 0 Å². The Morgan fingerprint density at radius 3 is 2.52 bits per heavy atom. The first kappa shape index (κ1) is 15.8. The molecule has 1 saturated heterocycles. The fraction of sp³-hybridized carbons (Fsp3) is 0.786. The third-order valence-electron chi connectivity index (χ3n) is 3.72. The van der Waals surface area contributed by atoms with Gasteiger partial charge in [0.2, 0.25) is 17.8 Å². The minimum absolute atomic E-state index is 0.273. The van der Waals surface area contributed by atoms with Crippen LogP contribution in [0.1, 0.15) is 39.0 Å². The SMILES string of the molecule is CCC(O)CCNc1nc(NC)nc(N2CCCCC2)n1. The van der Waals surface area contributed by atoms with Crippen LogP contribution in [-0.2, 0) is 0 Å². The van der Waals surface area contributed by atoms with Crippen molar-refractivity contribution in [1.82, 2.24) is 15.0 Å². The van der Waals surface area contributed by atoms with Gasteiger partial charge in [0.05, 0.1) is 6.10 Å². The van der Waals surface area contributed by atoms with Gasteiger partial charge in [-0.15, -0.1) is 0 Å². The number of aromatic nitrogens is 3. The predicted molar refractivity (Wildman–Crippen MR) is 84.8 cm³/mol. The lowest BCUT2D eigenvalue weighted by Gasteiger charge is -2.27. The smallest absolute Gasteiger partial charge is 0.231 e. The molecule has 1 aromatic heterocycles. The van der Waals surface area contributed by atoms with Crippen molar-refractivity contribution in [2.75, 3.05) is 42.2 Å². The van der Waals surface area contributed by atoms with Gasteiger partial charge in [-0.3, -0.25) is 0 Å². The van der Waals surface area contributed by atoms with Crippen molar-refractivity contribution in [1.29, 1.82) is 0 Å². The molecular formula is C14H26N6O. The zero-order chi connectivity index (χ0) is 15.1. The second kappa shape index (κ2) is 7.97. The van der Waals surface area contributed by atoms with Crippen molar-refractivity contribution in [2.45, 2.75) is 45.1 Å². The second-order valence-electron chi connectivity index (χ2n) is 5.36. The quantitative estimate of drug-likeness (QED) is 0.702. The van der Waals surface area contributed by atoms with E-state index in [2.05, 4.69) is 30.5 Å². The Morgan fingerprint density at radius 2 is 1.86 bits per heavy atom. The molecule has 0 bridgehead atoms. The predicted octanol–water partition coefficient (Wildman–Crippen LogP) is 1.48. The van der Waals surface area contributed by atoms with Crippen molar-refractivity contribution in [3.63, 3.8) is 0 Å². The van der Waals surface area contributed by atoms with E-state index < -0.39 is 0 Å². The van der Waals surface area contributed by atoms with Gasteiger partial charge < -0.3 is 20.6 Å². The lowest BCUT2D eigenvalue weighted by atomic mass is 10.1. The van der Waals surface area contributed by atoms with Crippen LogP contribution in [0.4, 0.5) is 17.8 Å². The number of hydrogen-bond donors (Lipinski definition) is 3. The molecule has 3 N–H and O–H groups in total. The summed E-state index contributed by atoms with van der Waals surface area (Å²) >= 11 is 0.